The Labute approximate surface area is 210 Å². The highest BCUT2D eigenvalue weighted by Gasteiger charge is 2.55. The van der Waals surface area contributed by atoms with E-state index in [9.17, 15) is 22.7 Å². The molecule has 2 aliphatic heterocycles. The molecule has 1 N–H and O–H groups in total. The first kappa shape index (κ1) is 24.2. The Morgan fingerprint density at radius 2 is 1.53 bits per heavy atom. The molecule has 5 rings (SSSR count). The summed E-state index contributed by atoms with van der Waals surface area (Å²) in [7, 11) is -3.68. The summed E-state index contributed by atoms with van der Waals surface area (Å²) in [6.07, 6.45) is 0. The summed E-state index contributed by atoms with van der Waals surface area (Å²) in [6.45, 7) is -0.225. The van der Waals surface area contributed by atoms with E-state index in [4.69, 9.17) is 0 Å². The minimum atomic E-state index is -3.68. The Kier molecular flexibility index (Phi) is 6.63. The molecule has 36 heavy (non-hydrogen) atoms. The second-order valence-electron chi connectivity index (χ2n) is 9.06. The van der Waals surface area contributed by atoms with Gasteiger partial charge < -0.3 is 10.0 Å². The molecule has 8 heteroatoms. The molecule has 3 atom stereocenters. The van der Waals surface area contributed by atoms with Crippen molar-refractivity contribution in [1.82, 2.24) is 9.21 Å². The summed E-state index contributed by atoms with van der Waals surface area (Å²) >= 11 is 0. The lowest BCUT2D eigenvalue weighted by Crippen LogP contribution is -2.73. The van der Waals surface area contributed by atoms with Crippen LogP contribution in [0, 0.1) is 17.7 Å². The topological polar surface area (TPSA) is 77.9 Å². The molecule has 0 aromatic heterocycles. The van der Waals surface area contributed by atoms with Crippen molar-refractivity contribution >= 4 is 15.9 Å². The predicted octanol–water partition coefficient (Wildman–Crippen LogP) is 2.73. The Morgan fingerprint density at radius 1 is 0.917 bits per heavy atom. The Morgan fingerprint density at radius 3 is 2.14 bits per heavy atom. The summed E-state index contributed by atoms with van der Waals surface area (Å²) in [5.74, 6) is 5.09. The third-order valence-electron chi connectivity index (χ3n) is 6.80. The van der Waals surface area contributed by atoms with Gasteiger partial charge in [-0.05, 0) is 47.5 Å². The Bertz CT molecular complexity index is 1410. The number of aliphatic hydroxyl groups is 1. The number of carbonyl (C=O) groups excluding carboxylic acids is 1. The van der Waals surface area contributed by atoms with E-state index >= 15 is 0 Å². The normalized spacial score (nSPS) is 21.8. The van der Waals surface area contributed by atoms with Crippen LogP contribution in [0.4, 0.5) is 4.39 Å². The van der Waals surface area contributed by atoms with Crippen LogP contribution in [0.3, 0.4) is 0 Å². The quantitative estimate of drug-likeness (QED) is 0.542. The van der Waals surface area contributed by atoms with Crippen molar-refractivity contribution in [3.63, 3.8) is 0 Å². The molecule has 1 amide bonds. The van der Waals surface area contributed by atoms with Gasteiger partial charge in [0, 0.05) is 23.6 Å². The van der Waals surface area contributed by atoms with Gasteiger partial charge in [-0.1, -0.05) is 54.3 Å². The molecule has 0 saturated carbocycles. The minimum absolute atomic E-state index is 0.163. The van der Waals surface area contributed by atoms with Crippen LogP contribution < -0.4 is 0 Å². The van der Waals surface area contributed by atoms with Gasteiger partial charge in [-0.15, -0.1) is 0 Å². The largest absolute Gasteiger partial charge is 0.394 e. The lowest BCUT2D eigenvalue weighted by Gasteiger charge is -2.58. The number of aliphatic hydroxyl groups excluding tert-OH is 1. The number of sulfonamides is 1. The van der Waals surface area contributed by atoms with Crippen molar-refractivity contribution in [3.8, 4) is 11.8 Å². The molecule has 3 aromatic rings. The molecule has 2 saturated heterocycles. The molecule has 0 radical (unpaired) electrons. The lowest BCUT2D eigenvalue weighted by atomic mass is 9.74. The monoisotopic (exact) mass is 504 g/mol. The molecule has 0 unspecified atom stereocenters. The number of hydrogen-bond acceptors (Lipinski definition) is 4. The van der Waals surface area contributed by atoms with Gasteiger partial charge in [-0.25, -0.2) is 12.8 Å². The summed E-state index contributed by atoms with van der Waals surface area (Å²) in [6, 6.07) is 21.6. The van der Waals surface area contributed by atoms with Crippen molar-refractivity contribution in [1.29, 1.82) is 0 Å². The second kappa shape index (κ2) is 9.86. The highest BCUT2D eigenvalue weighted by atomic mass is 32.2. The molecule has 184 valence electrons. The maximum atomic E-state index is 13.1. The van der Waals surface area contributed by atoms with Crippen molar-refractivity contribution < 1.29 is 22.7 Å². The van der Waals surface area contributed by atoms with E-state index in [1.165, 1.54) is 16.4 Å². The van der Waals surface area contributed by atoms with Crippen molar-refractivity contribution in [2.45, 2.75) is 23.8 Å². The van der Waals surface area contributed by atoms with E-state index < -0.39 is 16.1 Å². The number of carbonyl (C=O) groups is 1. The van der Waals surface area contributed by atoms with E-state index in [0.29, 0.717) is 11.1 Å². The van der Waals surface area contributed by atoms with Crippen LogP contribution in [0.15, 0.2) is 78.9 Å². The van der Waals surface area contributed by atoms with Crippen LogP contribution in [0.25, 0.3) is 0 Å². The smallest absolute Gasteiger partial charge is 0.238 e. The van der Waals surface area contributed by atoms with E-state index in [-0.39, 0.29) is 49.1 Å². The summed E-state index contributed by atoms with van der Waals surface area (Å²) in [5.41, 5.74) is 3.06. The van der Waals surface area contributed by atoms with E-state index in [1.54, 1.807) is 41.3 Å². The third kappa shape index (κ3) is 4.78. The number of amides is 1. The zero-order chi connectivity index (χ0) is 25.3. The molecule has 0 bridgehead atoms. The first-order valence-corrected chi connectivity index (χ1v) is 13.3. The SMILES string of the molecule is O=C1CN(S(=O)(=O)Cc2ccccc2)C[C@@H]2[C@H](c3ccc(C#Cc4ccc(F)cc4)cc3)[C@@H](CO)N12. The zero-order valence-corrected chi connectivity index (χ0v) is 20.2. The number of piperazine rings is 1. The number of hydrogen-bond donors (Lipinski definition) is 1. The summed E-state index contributed by atoms with van der Waals surface area (Å²) < 4.78 is 40.5. The van der Waals surface area contributed by atoms with Crippen LogP contribution in [0.2, 0.25) is 0 Å². The molecular weight excluding hydrogens is 479 g/mol. The molecule has 2 fully saturated rings. The number of halogens is 1. The van der Waals surface area contributed by atoms with Crippen LogP contribution in [-0.4, -0.2) is 60.4 Å². The van der Waals surface area contributed by atoms with Gasteiger partial charge in [-0.2, -0.15) is 4.31 Å². The second-order valence-corrected chi connectivity index (χ2v) is 11.0. The van der Waals surface area contributed by atoms with Crippen LogP contribution in [0.5, 0.6) is 0 Å². The van der Waals surface area contributed by atoms with Crippen LogP contribution in [-0.2, 0) is 20.6 Å². The zero-order valence-electron chi connectivity index (χ0n) is 19.4. The van der Waals surface area contributed by atoms with Crippen LogP contribution >= 0.6 is 0 Å². The van der Waals surface area contributed by atoms with Gasteiger partial charge in [0.05, 0.1) is 31.0 Å². The van der Waals surface area contributed by atoms with Gasteiger partial charge in [0.1, 0.15) is 5.82 Å². The first-order chi connectivity index (χ1) is 17.4. The summed E-state index contributed by atoms with van der Waals surface area (Å²) in [4.78, 5) is 14.5. The van der Waals surface area contributed by atoms with E-state index in [1.807, 2.05) is 30.3 Å². The number of benzene rings is 3. The molecule has 3 aromatic carbocycles. The van der Waals surface area contributed by atoms with Gasteiger partial charge in [0.2, 0.25) is 15.9 Å². The third-order valence-corrected chi connectivity index (χ3v) is 8.56. The maximum Gasteiger partial charge on any atom is 0.238 e. The average molecular weight is 505 g/mol. The Hall–Kier alpha value is -3.51. The fraction of sp³-hybridized carbons (Fsp3) is 0.250. The number of rotatable bonds is 5. The fourth-order valence-electron chi connectivity index (χ4n) is 5.02. The van der Waals surface area contributed by atoms with Gasteiger partial charge >= 0.3 is 0 Å². The highest BCUT2D eigenvalue weighted by Crippen LogP contribution is 2.43. The molecular formula is C28H25FN2O4S. The Balaban J connectivity index is 1.34. The van der Waals surface area contributed by atoms with Crippen LogP contribution in [0.1, 0.15) is 28.2 Å². The van der Waals surface area contributed by atoms with Crippen molar-refractivity contribution in [2.75, 3.05) is 19.7 Å². The average Bonchev–Trinajstić information content (AvgIpc) is 2.86. The number of nitrogens with zero attached hydrogens (tertiary/aromatic N) is 2. The molecule has 0 spiro atoms. The minimum Gasteiger partial charge on any atom is -0.394 e. The first-order valence-electron chi connectivity index (χ1n) is 11.7. The molecule has 2 heterocycles. The van der Waals surface area contributed by atoms with E-state index in [0.717, 1.165) is 11.1 Å². The lowest BCUT2D eigenvalue weighted by molar-refractivity contribution is -0.158. The van der Waals surface area contributed by atoms with E-state index in [2.05, 4.69) is 11.8 Å². The fourth-order valence-corrected chi connectivity index (χ4v) is 6.51. The predicted molar refractivity (Wildman–Crippen MR) is 134 cm³/mol. The van der Waals surface area contributed by atoms with Gasteiger partial charge in [0.15, 0.2) is 0 Å². The van der Waals surface area contributed by atoms with Crippen molar-refractivity contribution in [3.05, 3.63) is 107 Å². The van der Waals surface area contributed by atoms with Gasteiger partial charge in [0.25, 0.3) is 0 Å². The molecule has 6 nitrogen and oxygen atoms in total. The number of fused-ring (bicyclic) bond motifs is 1. The standard InChI is InChI=1S/C28H25FN2O4S/c29-24-14-10-21(11-15-24)7-6-20-8-12-23(13-9-20)28-25-16-30(17-27(33)31(25)26(28)18-32)36(34,35)19-22-4-2-1-3-5-22/h1-5,8-15,25-26,28,32H,16-19H2/t25-,26-,28+/m1/s1. The summed E-state index contributed by atoms with van der Waals surface area (Å²) in [5, 5.41) is 10.0. The molecule has 0 aliphatic carbocycles. The molecule has 2 aliphatic rings. The van der Waals surface area contributed by atoms with Gasteiger partial charge in [-0.3, -0.25) is 4.79 Å². The van der Waals surface area contributed by atoms with Crippen molar-refractivity contribution in [2.24, 2.45) is 0 Å². The maximum absolute atomic E-state index is 13.1. The highest BCUT2D eigenvalue weighted by molar-refractivity contribution is 7.88.